The molecule has 0 saturated carbocycles. The fraction of sp³-hybridized carbons (Fsp3) is 0.0833. The molecule has 0 aliphatic heterocycles. The van der Waals surface area contributed by atoms with Gasteiger partial charge in [0.05, 0.1) is 4.92 Å². The highest BCUT2D eigenvalue weighted by atomic mass is 16.6. The lowest BCUT2D eigenvalue weighted by Crippen LogP contribution is -1.98. The molecule has 1 aromatic carbocycles. The summed E-state index contributed by atoms with van der Waals surface area (Å²) < 4.78 is 4.83. The van der Waals surface area contributed by atoms with Crippen LogP contribution in [-0.4, -0.2) is 4.92 Å². The number of nitro benzene ring substituents is 1. The highest BCUT2D eigenvalue weighted by Gasteiger charge is 2.08. The first-order valence-electron chi connectivity index (χ1n) is 4.93. The van der Waals surface area contributed by atoms with Gasteiger partial charge in [-0.3, -0.25) is 10.1 Å². The van der Waals surface area contributed by atoms with Crippen molar-refractivity contribution in [3.8, 4) is 11.1 Å². The lowest BCUT2D eigenvalue weighted by molar-refractivity contribution is -0.384. The molecule has 0 aliphatic carbocycles. The minimum Gasteiger partial charge on any atom is -0.428 e. The van der Waals surface area contributed by atoms with Crippen LogP contribution in [0.2, 0.25) is 0 Å². The summed E-state index contributed by atoms with van der Waals surface area (Å²) in [7, 11) is 0. The van der Waals surface area contributed by atoms with Gasteiger partial charge in [-0.1, -0.05) is 12.1 Å². The largest absolute Gasteiger partial charge is 0.428 e. The van der Waals surface area contributed by atoms with Crippen LogP contribution < -0.4 is 5.63 Å². The van der Waals surface area contributed by atoms with Crippen molar-refractivity contribution in [3.63, 3.8) is 0 Å². The Morgan fingerprint density at radius 3 is 2.59 bits per heavy atom. The number of nitro groups is 1. The molecule has 0 spiro atoms. The Morgan fingerprint density at radius 2 is 1.94 bits per heavy atom. The predicted molar refractivity (Wildman–Crippen MR) is 61.8 cm³/mol. The van der Waals surface area contributed by atoms with Crippen molar-refractivity contribution in [2.75, 3.05) is 0 Å². The second kappa shape index (κ2) is 4.21. The maximum absolute atomic E-state index is 11.2. The standard InChI is InChI=1S/C12H9NO4/c1-8-5-10(7-12(14)17-8)9-3-2-4-11(6-9)13(15)16/h2-7H,1H3. The van der Waals surface area contributed by atoms with Gasteiger partial charge in [-0.25, -0.2) is 4.79 Å². The Balaban J connectivity index is 2.56. The smallest absolute Gasteiger partial charge is 0.336 e. The molecule has 17 heavy (non-hydrogen) atoms. The van der Waals surface area contributed by atoms with Gasteiger partial charge in [0.1, 0.15) is 5.76 Å². The van der Waals surface area contributed by atoms with E-state index in [-0.39, 0.29) is 5.69 Å². The third-order valence-electron chi connectivity index (χ3n) is 2.28. The average Bonchev–Trinajstić information content (AvgIpc) is 2.28. The summed E-state index contributed by atoms with van der Waals surface area (Å²) in [5, 5.41) is 10.6. The molecule has 0 saturated heterocycles. The van der Waals surface area contributed by atoms with Crippen LogP contribution in [0.4, 0.5) is 5.69 Å². The summed E-state index contributed by atoms with van der Waals surface area (Å²) in [6.45, 7) is 1.66. The molecule has 0 atom stereocenters. The summed E-state index contributed by atoms with van der Waals surface area (Å²) >= 11 is 0. The fourth-order valence-corrected chi connectivity index (χ4v) is 1.57. The van der Waals surface area contributed by atoms with Gasteiger partial charge < -0.3 is 4.42 Å². The first kappa shape index (κ1) is 11.1. The van der Waals surface area contributed by atoms with E-state index in [0.717, 1.165) is 0 Å². The van der Waals surface area contributed by atoms with Gasteiger partial charge in [0.15, 0.2) is 0 Å². The Labute approximate surface area is 96.5 Å². The van der Waals surface area contributed by atoms with Gasteiger partial charge in [0.2, 0.25) is 0 Å². The van der Waals surface area contributed by atoms with E-state index in [1.54, 1.807) is 25.1 Å². The van der Waals surface area contributed by atoms with Crippen molar-refractivity contribution in [3.05, 3.63) is 62.7 Å². The quantitative estimate of drug-likeness (QED) is 0.588. The van der Waals surface area contributed by atoms with Crippen molar-refractivity contribution in [1.29, 1.82) is 0 Å². The summed E-state index contributed by atoms with van der Waals surface area (Å²) in [5.74, 6) is 0.471. The third-order valence-corrected chi connectivity index (χ3v) is 2.28. The number of non-ortho nitro benzene ring substituents is 1. The average molecular weight is 231 g/mol. The first-order chi connectivity index (χ1) is 8.06. The minimum atomic E-state index is -0.470. The van der Waals surface area contributed by atoms with Crippen molar-refractivity contribution in [2.45, 2.75) is 6.92 Å². The number of aryl methyl sites for hydroxylation is 1. The van der Waals surface area contributed by atoms with E-state index < -0.39 is 10.5 Å². The maximum atomic E-state index is 11.2. The molecule has 86 valence electrons. The van der Waals surface area contributed by atoms with E-state index in [0.29, 0.717) is 16.9 Å². The topological polar surface area (TPSA) is 73.3 Å². The van der Waals surface area contributed by atoms with E-state index in [4.69, 9.17) is 4.42 Å². The molecule has 0 aliphatic rings. The van der Waals surface area contributed by atoms with Crippen molar-refractivity contribution in [2.24, 2.45) is 0 Å². The summed E-state index contributed by atoms with van der Waals surface area (Å²) in [4.78, 5) is 21.4. The number of hydrogen-bond acceptors (Lipinski definition) is 4. The molecule has 0 fully saturated rings. The van der Waals surface area contributed by atoms with Gasteiger partial charge in [-0.15, -0.1) is 0 Å². The molecule has 2 rings (SSSR count). The van der Waals surface area contributed by atoms with E-state index in [1.807, 2.05) is 0 Å². The maximum Gasteiger partial charge on any atom is 0.336 e. The van der Waals surface area contributed by atoms with Crippen molar-refractivity contribution >= 4 is 5.69 Å². The molecule has 5 nitrogen and oxygen atoms in total. The van der Waals surface area contributed by atoms with Gasteiger partial charge in [0.25, 0.3) is 5.69 Å². The molecule has 1 aromatic heterocycles. The molecular weight excluding hydrogens is 222 g/mol. The molecule has 1 heterocycles. The van der Waals surface area contributed by atoms with Crippen LogP contribution >= 0.6 is 0 Å². The third kappa shape index (κ3) is 2.39. The highest BCUT2D eigenvalue weighted by molar-refractivity contribution is 5.65. The van der Waals surface area contributed by atoms with Crippen molar-refractivity contribution in [1.82, 2.24) is 0 Å². The number of rotatable bonds is 2. The van der Waals surface area contributed by atoms with Gasteiger partial charge in [-0.05, 0) is 24.1 Å². The Hall–Kier alpha value is -2.43. The Morgan fingerprint density at radius 1 is 1.18 bits per heavy atom. The molecular formula is C12H9NO4. The van der Waals surface area contributed by atoms with Crippen LogP contribution in [0.15, 0.2) is 45.6 Å². The normalized spacial score (nSPS) is 10.2. The van der Waals surface area contributed by atoms with Crippen LogP contribution in [0.1, 0.15) is 5.76 Å². The zero-order valence-corrected chi connectivity index (χ0v) is 9.04. The van der Waals surface area contributed by atoms with Gasteiger partial charge in [-0.2, -0.15) is 0 Å². The van der Waals surface area contributed by atoms with E-state index >= 15 is 0 Å². The molecule has 0 amide bonds. The van der Waals surface area contributed by atoms with Crippen molar-refractivity contribution < 1.29 is 9.34 Å². The highest BCUT2D eigenvalue weighted by Crippen LogP contribution is 2.23. The lowest BCUT2D eigenvalue weighted by Gasteiger charge is -2.01. The zero-order chi connectivity index (χ0) is 12.4. The number of hydrogen-bond donors (Lipinski definition) is 0. The first-order valence-corrected chi connectivity index (χ1v) is 4.93. The monoisotopic (exact) mass is 231 g/mol. The Kier molecular flexibility index (Phi) is 2.74. The van der Waals surface area contributed by atoms with Gasteiger partial charge >= 0.3 is 5.63 Å². The fourth-order valence-electron chi connectivity index (χ4n) is 1.57. The molecule has 5 heteroatoms. The van der Waals surface area contributed by atoms with E-state index in [9.17, 15) is 14.9 Å². The molecule has 0 radical (unpaired) electrons. The molecule has 2 aromatic rings. The van der Waals surface area contributed by atoms with E-state index in [1.165, 1.54) is 18.2 Å². The van der Waals surface area contributed by atoms with Crippen LogP contribution in [0, 0.1) is 17.0 Å². The van der Waals surface area contributed by atoms with Gasteiger partial charge in [0, 0.05) is 18.2 Å². The number of nitrogens with zero attached hydrogens (tertiary/aromatic N) is 1. The van der Waals surface area contributed by atoms with Crippen LogP contribution in [0.5, 0.6) is 0 Å². The van der Waals surface area contributed by atoms with Crippen LogP contribution in [0.3, 0.4) is 0 Å². The SMILES string of the molecule is Cc1cc(-c2cccc([N+](=O)[O-])c2)cc(=O)o1. The second-order valence-electron chi connectivity index (χ2n) is 3.58. The van der Waals surface area contributed by atoms with Crippen LogP contribution in [-0.2, 0) is 0 Å². The predicted octanol–water partition coefficient (Wildman–Crippen LogP) is 2.52. The zero-order valence-electron chi connectivity index (χ0n) is 9.04. The summed E-state index contributed by atoms with van der Waals surface area (Å²) in [6, 6.07) is 9.10. The molecule has 0 N–H and O–H groups in total. The lowest BCUT2D eigenvalue weighted by atomic mass is 10.1. The summed E-state index contributed by atoms with van der Waals surface area (Å²) in [6.07, 6.45) is 0. The Bertz CT molecular complexity index is 630. The molecule has 0 unspecified atom stereocenters. The van der Waals surface area contributed by atoms with Crippen LogP contribution in [0.25, 0.3) is 11.1 Å². The minimum absolute atomic E-state index is 0.00612. The molecule has 0 bridgehead atoms. The summed E-state index contributed by atoms with van der Waals surface area (Å²) in [5.41, 5.74) is 0.762. The second-order valence-corrected chi connectivity index (χ2v) is 3.58. The number of benzene rings is 1. The van der Waals surface area contributed by atoms with E-state index in [2.05, 4.69) is 0 Å².